The molecule has 4 heteroatoms. The van der Waals surface area contributed by atoms with Crippen LogP contribution >= 0.6 is 0 Å². The predicted molar refractivity (Wildman–Crippen MR) is 78.3 cm³/mol. The SMILES string of the molecule is CCn1ccnc1CC(O)c1cncc2ccccc12. The normalized spacial score (nSPS) is 12.7. The second-order valence-corrected chi connectivity index (χ2v) is 4.80. The lowest BCUT2D eigenvalue weighted by Crippen LogP contribution is -2.09. The predicted octanol–water partition coefficient (Wildman–Crippen LogP) is 2.73. The Kier molecular flexibility index (Phi) is 3.48. The molecule has 0 aliphatic carbocycles. The molecule has 0 fully saturated rings. The molecule has 2 heterocycles. The summed E-state index contributed by atoms with van der Waals surface area (Å²) in [4.78, 5) is 8.53. The Bertz CT molecular complexity index is 715. The van der Waals surface area contributed by atoms with Crippen molar-refractivity contribution in [1.82, 2.24) is 14.5 Å². The number of imidazole rings is 1. The Balaban J connectivity index is 1.95. The van der Waals surface area contributed by atoms with Crippen molar-refractivity contribution in [2.75, 3.05) is 0 Å². The first-order valence-corrected chi connectivity index (χ1v) is 6.80. The smallest absolute Gasteiger partial charge is 0.111 e. The molecule has 1 N–H and O–H groups in total. The molecule has 4 nitrogen and oxygen atoms in total. The zero-order valence-electron chi connectivity index (χ0n) is 11.4. The van der Waals surface area contributed by atoms with E-state index in [9.17, 15) is 5.11 Å². The van der Waals surface area contributed by atoms with E-state index in [-0.39, 0.29) is 0 Å². The molecular weight excluding hydrogens is 250 g/mol. The zero-order valence-corrected chi connectivity index (χ0v) is 11.4. The van der Waals surface area contributed by atoms with Gasteiger partial charge in [0.25, 0.3) is 0 Å². The van der Waals surface area contributed by atoms with Gasteiger partial charge in [-0.15, -0.1) is 0 Å². The molecule has 0 spiro atoms. The van der Waals surface area contributed by atoms with Gasteiger partial charge in [-0.05, 0) is 12.3 Å². The van der Waals surface area contributed by atoms with E-state index in [0.717, 1.165) is 28.7 Å². The van der Waals surface area contributed by atoms with Gasteiger partial charge < -0.3 is 9.67 Å². The van der Waals surface area contributed by atoms with Gasteiger partial charge in [-0.1, -0.05) is 24.3 Å². The van der Waals surface area contributed by atoms with E-state index in [1.54, 1.807) is 12.4 Å². The fraction of sp³-hybridized carbons (Fsp3) is 0.250. The van der Waals surface area contributed by atoms with Crippen LogP contribution in [0.2, 0.25) is 0 Å². The summed E-state index contributed by atoms with van der Waals surface area (Å²) in [6, 6.07) is 7.98. The minimum absolute atomic E-state index is 0.497. The largest absolute Gasteiger partial charge is 0.388 e. The fourth-order valence-electron chi connectivity index (χ4n) is 2.51. The maximum Gasteiger partial charge on any atom is 0.111 e. The Morgan fingerprint density at radius 1 is 1.25 bits per heavy atom. The summed E-state index contributed by atoms with van der Waals surface area (Å²) in [5, 5.41) is 12.6. The number of hydrogen-bond acceptors (Lipinski definition) is 3. The van der Waals surface area contributed by atoms with Crippen molar-refractivity contribution in [2.24, 2.45) is 0 Å². The summed E-state index contributed by atoms with van der Waals surface area (Å²) in [7, 11) is 0. The molecule has 0 saturated carbocycles. The molecule has 3 rings (SSSR count). The van der Waals surface area contributed by atoms with E-state index in [2.05, 4.69) is 16.9 Å². The number of aryl methyl sites for hydroxylation is 1. The van der Waals surface area contributed by atoms with Crippen LogP contribution in [0.4, 0.5) is 0 Å². The lowest BCUT2D eigenvalue weighted by Gasteiger charge is -2.13. The van der Waals surface area contributed by atoms with Crippen molar-refractivity contribution in [3.8, 4) is 0 Å². The minimum Gasteiger partial charge on any atom is -0.388 e. The summed E-state index contributed by atoms with van der Waals surface area (Å²) in [5.41, 5.74) is 0.855. The Labute approximate surface area is 117 Å². The van der Waals surface area contributed by atoms with Crippen LogP contribution in [0.15, 0.2) is 49.1 Å². The van der Waals surface area contributed by atoms with Crippen LogP contribution in [0, 0.1) is 0 Å². The van der Waals surface area contributed by atoms with Crippen LogP contribution in [-0.4, -0.2) is 19.6 Å². The van der Waals surface area contributed by atoms with Gasteiger partial charge in [-0.2, -0.15) is 0 Å². The summed E-state index contributed by atoms with van der Waals surface area (Å²) < 4.78 is 2.04. The maximum absolute atomic E-state index is 10.5. The van der Waals surface area contributed by atoms with Gasteiger partial charge in [0.15, 0.2) is 0 Å². The maximum atomic E-state index is 10.5. The standard InChI is InChI=1S/C16H17N3O/c1-2-19-8-7-18-16(19)9-15(20)14-11-17-10-12-5-3-4-6-13(12)14/h3-8,10-11,15,20H,2,9H2,1H3. The lowest BCUT2D eigenvalue weighted by molar-refractivity contribution is 0.175. The molecule has 0 bridgehead atoms. The molecule has 102 valence electrons. The molecule has 1 aromatic carbocycles. The number of aliphatic hydroxyl groups excluding tert-OH is 1. The summed E-state index contributed by atoms with van der Waals surface area (Å²) >= 11 is 0. The van der Waals surface area contributed by atoms with Crippen molar-refractivity contribution in [3.05, 3.63) is 60.4 Å². The third-order valence-electron chi connectivity index (χ3n) is 3.58. The average Bonchev–Trinajstić information content (AvgIpc) is 2.93. The van der Waals surface area contributed by atoms with Crippen molar-refractivity contribution in [2.45, 2.75) is 26.0 Å². The number of fused-ring (bicyclic) bond motifs is 1. The van der Waals surface area contributed by atoms with Crippen LogP contribution in [0.1, 0.15) is 24.4 Å². The van der Waals surface area contributed by atoms with Gasteiger partial charge in [0.1, 0.15) is 5.82 Å². The first-order chi connectivity index (χ1) is 9.79. The molecule has 1 unspecified atom stereocenters. The van der Waals surface area contributed by atoms with E-state index >= 15 is 0 Å². The van der Waals surface area contributed by atoms with Crippen molar-refractivity contribution in [3.63, 3.8) is 0 Å². The Morgan fingerprint density at radius 3 is 2.95 bits per heavy atom. The number of benzene rings is 1. The number of aromatic nitrogens is 3. The Hall–Kier alpha value is -2.20. The molecule has 2 aromatic heterocycles. The van der Waals surface area contributed by atoms with E-state index in [1.165, 1.54) is 0 Å². The second-order valence-electron chi connectivity index (χ2n) is 4.80. The third kappa shape index (κ3) is 2.30. The third-order valence-corrected chi connectivity index (χ3v) is 3.58. The van der Waals surface area contributed by atoms with Gasteiger partial charge in [0.05, 0.1) is 6.10 Å². The van der Waals surface area contributed by atoms with Gasteiger partial charge in [0, 0.05) is 48.7 Å². The first-order valence-electron chi connectivity index (χ1n) is 6.80. The molecular formula is C16H17N3O. The van der Waals surface area contributed by atoms with Crippen LogP contribution in [0.25, 0.3) is 10.8 Å². The molecule has 0 aliphatic rings. The highest BCUT2D eigenvalue weighted by Crippen LogP contribution is 2.25. The number of aliphatic hydroxyl groups is 1. The number of rotatable bonds is 4. The van der Waals surface area contributed by atoms with Crippen molar-refractivity contribution < 1.29 is 5.11 Å². The number of hydrogen-bond donors (Lipinski definition) is 1. The molecule has 3 aromatic rings. The number of pyridine rings is 1. The van der Waals surface area contributed by atoms with E-state index in [0.29, 0.717) is 6.42 Å². The zero-order chi connectivity index (χ0) is 13.9. The minimum atomic E-state index is -0.596. The lowest BCUT2D eigenvalue weighted by atomic mass is 10.0. The summed E-state index contributed by atoms with van der Waals surface area (Å²) in [6.45, 7) is 2.92. The van der Waals surface area contributed by atoms with Crippen molar-refractivity contribution in [1.29, 1.82) is 0 Å². The quantitative estimate of drug-likeness (QED) is 0.790. The molecule has 20 heavy (non-hydrogen) atoms. The van der Waals surface area contributed by atoms with Gasteiger partial charge in [-0.25, -0.2) is 4.98 Å². The first kappa shape index (κ1) is 12.8. The van der Waals surface area contributed by atoms with Crippen LogP contribution in [-0.2, 0) is 13.0 Å². The van der Waals surface area contributed by atoms with Crippen LogP contribution in [0.3, 0.4) is 0 Å². The van der Waals surface area contributed by atoms with Gasteiger partial charge >= 0.3 is 0 Å². The molecule has 0 radical (unpaired) electrons. The van der Waals surface area contributed by atoms with Gasteiger partial charge in [-0.3, -0.25) is 4.98 Å². The average molecular weight is 267 g/mol. The molecule has 0 aliphatic heterocycles. The topological polar surface area (TPSA) is 50.9 Å². The second kappa shape index (κ2) is 5.43. The molecule has 0 saturated heterocycles. The summed E-state index contributed by atoms with van der Waals surface area (Å²) in [6.07, 6.45) is 7.17. The van der Waals surface area contributed by atoms with Crippen LogP contribution < -0.4 is 0 Å². The van der Waals surface area contributed by atoms with Gasteiger partial charge in [0.2, 0.25) is 0 Å². The highest BCUT2D eigenvalue weighted by atomic mass is 16.3. The monoisotopic (exact) mass is 267 g/mol. The van der Waals surface area contributed by atoms with E-state index in [4.69, 9.17) is 0 Å². The highest BCUT2D eigenvalue weighted by molar-refractivity contribution is 5.84. The highest BCUT2D eigenvalue weighted by Gasteiger charge is 2.15. The summed E-state index contributed by atoms with van der Waals surface area (Å²) in [5.74, 6) is 0.896. The molecule has 0 amide bonds. The van der Waals surface area contributed by atoms with Crippen LogP contribution in [0.5, 0.6) is 0 Å². The van der Waals surface area contributed by atoms with E-state index < -0.39 is 6.10 Å². The number of nitrogens with zero attached hydrogens (tertiary/aromatic N) is 3. The molecule has 1 atom stereocenters. The van der Waals surface area contributed by atoms with Crippen molar-refractivity contribution >= 4 is 10.8 Å². The fourth-order valence-corrected chi connectivity index (χ4v) is 2.51. The Morgan fingerprint density at radius 2 is 2.10 bits per heavy atom. The van der Waals surface area contributed by atoms with E-state index in [1.807, 2.05) is 41.2 Å².